The second-order valence-corrected chi connectivity index (χ2v) is 13.1. The number of hydrogen-bond donors (Lipinski definition) is 2. The monoisotopic (exact) mass is 601 g/mol. The third kappa shape index (κ3) is 6.99. The Morgan fingerprint density at radius 2 is 1.86 bits per heavy atom. The van der Waals surface area contributed by atoms with Crippen molar-refractivity contribution in [2.24, 2.45) is 11.3 Å². The van der Waals surface area contributed by atoms with E-state index in [1.54, 1.807) is 4.57 Å². The topological polar surface area (TPSA) is 109 Å². The van der Waals surface area contributed by atoms with Gasteiger partial charge in [-0.2, -0.15) is 0 Å². The number of nitrogens with zero attached hydrogens (tertiary/aromatic N) is 3. The van der Waals surface area contributed by atoms with Crippen LogP contribution in [0.25, 0.3) is 22.0 Å². The number of Topliss-reactive ketones (excluding diaryl/α,β-unsaturated/α-hetero) is 1. The van der Waals surface area contributed by atoms with Gasteiger partial charge in [0.1, 0.15) is 11.6 Å². The molecule has 2 aromatic heterocycles. The van der Waals surface area contributed by atoms with Gasteiger partial charge in [-0.3, -0.25) is 14.4 Å². The van der Waals surface area contributed by atoms with Gasteiger partial charge in [-0.15, -0.1) is 0 Å². The molecule has 0 unspecified atom stereocenters. The molecule has 1 spiro atoms. The molecule has 10 rings (SSSR count). The normalized spacial score (nSPS) is 26.0. The Morgan fingerprint density at radius 3 is 2.68 bits per heavy atom. The summed E-state index contributed by atoms with van der Waals surface area (Å²) in [7, 11) is 0. The van der Waals surface area contributed by atoms with Crippen molar-refractivity contribution in [3.63, 3.8) is 0 Å². The number of piperidine rings is 1. The molecule has 2 fully saturated rings. The molecule has 44 heavy (non-hydrogen) atoms. The molecule has 1 amide bonds. The molecule has 8 bridgehead atoms. The quantitative estimate of drug-likeness (QED) is 0.352. The fraction of sp³-hybridized carbons (Fsp3) is 0.600. The van der Waals surface area contributed by atoms with Gasteiger partial charge in [0.2, 0.25) is 5.91 Å². The van der Waals surface area contributed by atoms with Gasteiger partial charge in [-0.25, -0.2) is 4.98 Å². The van der Waals surface area contributed by atoms with Crippen molar-refractivity contribution in [2.45, 2.75) is 90.1 Å². The van der Waals surface area contributed by atoms with Gasteiger partial charge >= 0.3 is 0 Å². The van der Waals surface area contributed by atoms with Gasteiger partial charge in [0.15, 0.2) is 0 Å². The van der Waals surface area contributed by atoms with E-state index in [4.69, 9.17) is 9.72 Å². The lowest BCUT2D eigenvalue weighted by molar-refractivity contribution is -0.124. The third-order valence-electron chi connectivity index (χ3n) is 10.2. The summed E-state index contributed by atoms with van der Waals surface area (Å²) in [4.78, 5) is 49.3. The average Bonchev–Trinajstić information content (AvgIpc) is 3.51. The van der Waals surface area contributed by atoms with Crippen molar-refractivity contribution >= 4 is 22.5 Å². The number of unbranched alkanes of at least 4 members (excludes halogenated alkanes) is 2. The van der Waals surface area contributed by atoms with E-state index in [-0.39, 0.29) is 28.8 Å². The number of amides is 1. The lowest BCUT2D eigenvalue weighted by atomic mass is 9.90. The minimum Gasteiger partial charge on any atom is -0.381 e. The van der Waals surface area contributed by atoms with Gasteiger partial charge in [0.05, 0.1) is 17.9 Å². The summed E-state index contributed by atoms with van der Waals surface area (Å²) >= 11 is 0. The Labute approximate surface area is 259 Å². The van der Waals surface area contributed by atoms with Crippen LogP contribution in [-0.4, -0.2) is 64.0 Å². The molecular formula is C35H47N5O4. The zero-order valence-electron chi connectivity index (χ0n) is 26.1. The maximum Gasteiger partial charge on any atom is 0.258 e. The molecule has 0 radical (unpaired) electrons. The lowest BCUT2D eigenvalue weighted by Crippen LogP contribution is -2.38. The molecular weight excluding hydrogens is 554 g/mol. The van der Waals surface area contributed by atoms with Crippen LogP contribution in [0.1, 0.15) is 89.4 Å². The van der Waals surface area contributed by atoms with Crippen LogP contribution in [0, 0.1) is 11.3 Å². The van der Waals surface area contributed by atoms with E-state index < -0.39 is 0 Å². The molecule has 7 aliphatic rings. The fourth-order valence-corrected chi connectivity index (χ4v) is 7.19. The number of aryl methyl sites for hydroxylation is 1. The lowest BCUT2D eigenvalue weighted by Gasteiger charge is -2.33. The Bertz CT molecular complexity index is 1520. The van der Waals surface area contributed by atoms with Crippen LogP contribution >= 0.6 is 0 Å². The first-order valence-electron chi connectivity index (χ1n) is 16.8. The Kier molecular flexibility index (Phi) is 9.62. The first-order chi connectivity index (χ1) is 21.5. The van der Waals surface area contributed by atoms with Crippen LogP contribution in [0.2, 0.25) is 0 Å². The van der Waals surface area contributed by atoms with E-state index in [0.717, 1.165) is 106 Å². The number of H-pyrrole nitrogens is 1. The number of ketones is 1. The number of benzene rings is 1. The molecule has 1 aromatic carbocycles. The highest BCUT2D eigenvalue weighted by molar-refractivity contribution is 5.86. The smallest absolute Gasteiger partial charge is 0.258 e. The summed E-state index contributed by atoms with van der Waals surface area (Å²) in [6.45, 7) is 7.02. The van der Waals surface area contributed by atoms with E-state index in [9.17, 15) is 14.4 Å². The molecule has 1 saturated carbocycles. The Hall–Kier alpha value is -3.30. The second kappa shape index (κ2) is 13.8. The fourth-order valence-electron chi connectivity index (χ4n) is 7.19. The molecule has 9 nitrogen and oxygen atoms in total. The van der Waals surface area contributed by atoms with E-state index in [2.05, 4.69) is 15.2 Å². The highest BCUT2D eigenvalue weighted by Gasteiger charge is 2.58. The van der Waals surface area contributed by atoms with Gasteiger partial charge in [0, 0.05) is 62.2 Å². The van der Waals surface area contributed by atoms with E-state index in [1.165, 1.54) is 0 Å². The van der Waals surface area contributed by atoms with Crippen LogP contribution in [0.5, 0.6) is 0 Å². The standard InChI is InChI=1S/C35H47N5O4/c1-2-27(41)8-4-3-5-9-30-32-36-24-31(37-32)26-10-11-28-25(22-26)12-17-40(34(28)43)16-7-21-44-20-6-15-39-18-13-35(14-19-39)23-29(35)33(42)38-30/h10-12,17,22,24,29-30H,2-9,13-16,18-21,23H2,1H3,(H,36,37)(H,38,42)/t29-,30+/m1/s1. The molecule has 8 heterocycles. The van der Waals surface area contributed by atoms with Crippen LogP contribution in [0.3, 0.4) is 0 Å². The van der Waals surface area contributed by atoms with Crippen LogP contribution in [0.15, 0.2) is 41.5 Å². The van der Waals surface area contributed by atoms with Crippen molar-refractivity contribution in [3.8, 4) is 11.3 Å². The summed E-state index contributed by atoms with van der Waals surface area (Å²) in [5.41, 5.74) is 1.97. The summed E-state index contributed by atoms with van der Waals surface area (Å²) in [6, 6.07) is 7.67. The largest absolute Gasteiger partial charge is 0.381 e. The van der Waals surface area contributed by atoms with E-state index in [1.807, 2.05) is 43.6 Å². The number of nitrogens with one attached hydrogen (secondary N) is 2. The molecule has 6 aliphatic heterocycles. The summed E-state index contributed by atoms with van der Waals surface area (Å²) in [5, 5.41) is 4.96. The van der Waals surface area contributed by atoms with Crippen molar-refractivity contribution in [1.82, 2.24) is 24.8 Å². The second-order valence-electron chi connectivity index (χ2n) is 13.1. The number of aromatic nitrogens is 3. The number of imidazole rings is 1. The van der Waals surface area contributed by atoms with Crippen molar-refractivity contribution in [2.75, 3.05) is 32.8 Å². The number of aromatic amines is 1. The Morgan fingerprint density at radius 1 is 1.05 bits per heavy atom. The summed E-state index contributed by atoms with van der Waals surface area (Å²) in [6.07, 6.45) is 13.3. The first-order valence-corrected chi connectivity index (χ1v) is 16.8. The van der Waals surface area contributed by atoms with Crippen LogP contribution in [0.4, 0.5) is 0 Å². The zero-order valence-corrected chi connectivity index (χ0v) is 26.1. The van der Waals surface area contributed by atoms with Gasteiger partial charge in [-0.05, 0) is 87.0 Å². The average molecular weight is 602 g/mol. The highest BCUT2D eigenvalue weighted by atomic mass is 16.5. The minimum atomic E-state index is -0.214. The maximum atomic E-state index is 13.6. The maximum absolute atomic E-state index is 13.6. The predicted octanol–water partition coefficient (Wildman–Crippen LogP) is 5.39. The third-order valence-corrected chi connectivity index (χ3v) is 10.2. The molecule has 3 aromatic rings. The number of rotatable bonds is 7. The number of carbonyl (C=O) groups is 2. The predicted molar refractivity (Wildman–Crippen MR) is 171 cm³/mol. The zero-order chi connectivity index (χ0) is 30.5. The highest BCUT2D eigenvalue weighted by Crippen LogP contribution is 2.59. The molecule has 236 valence electrons. The number of pyridine rings is 1. The van der Waals surface area contributed by atoms with Crippen LogP contribution in [-0.2, 0) is 20.9 Å². The first kappa shape index (κ1) is 30.7. The molecule has 1 saturated heterocycles. The minimum absolute atomic E-state index is 0.0125. The molecule has 1 aliphatic carbocycles. The van der Waals surface area contributed by atoms with Gasteiger partial charge in [-0.1, -0.05) is 25.8 Å². The number of hydrogen-bond acceptors (Lipinski definition) is 6. The summed E-state index contributed by atoms with van der Waals surface area (Å²) < 4.78 is 7.68. The van der Waals surface area contributed by atoms with Crippen molar-refractivity contribution in [1.29, 1.82) is 0 Å². The van der Waals surface area contributed by atoms with E-state index in [0.29, 0.717) is 37.2 Å². The van der Waals surface area contributed by atoms with E-state index >= 15 is 0 Å². The molecule has 2 N–H and O–H groups in total. The van der Waals surface area contributed by atoms with Crippen molar-refractivity contribution < 1.29 is 14.3 Å². The molecule has 2 atom stereocenters. The van der Waals surface area contributed by atoms with Gasteiger partial charge in [0.25, 0.3) is 5.56 Å². The Balaban J connectivity index is 1.23. The SMILES string of the molecule is CCC(=O)CCCCC[C@@H]1NC(=O)[C@H]2CC23CCN(CCCOCCCn2ccc4cc(ccc4c2=O)-c2cnc1[nH]2)CC3. The van der Waals surface area contributed by atoms with Gasteiger partial charge < -0.3 is 24.5 Å². The molecule has 9 heteroatoms. The summed E-state index contributed by atoms with van der Waals surface area (Å²) in [5.74, 6) is 1.28. The number of carbonyl (C=O) groups excluding carboxylic acids is 2. The van der Waals surface area contributed by atoms with Crippen molar-refractivity contribution in [3.05, 3.63) is 52.8 Å². The van der Waals surface area contributed by atoms with Crippen LogP contribution < -0.4 is 10.9 Å². The number of ether oxygens (including phenoxy) is 1.